The predicted molar refractivity (Wildman–Crippen MR) is 241 cm³/mol. The minimum atomic E-state index is -3.11. The monoisotopic (exact) mass is 898 g/mol. The lowest BCUT2D eigenvalue weighted by atomic mass is 9.68. The van der Waals surface area contributed by atoms with Crippen molar-refractivity contribution >= 4 is 46.5 Å². The molecule has 2 unspecified atom stereocenters. The van der Waals surface area contributed by atoms with Gasteiger partial charge in [-0.1, -0.05) is 12.1 Å². The number of nitrogens with one attached hydrogen (secondary N) is 6. The number of aryl methyl sites for hydroxylation is 1. The van der Waals surface area contributed by atoms with E-state index in [4.69, 9.17) is 15.6 Å². The lowest BCUT2D eigenvalue weighted by Crippen LogP contribution is -2.53. The summed E-state index contributed by atoms with van der Waals surface area (Å²) in [4.78, 5) is 63.3. The molecule has 2 saturated carbocycles. The van der Waals surface area contributed by atoms with E-state index in [2.05, 4.69) is 53.9 Å². The summed E-state index contributed by atoms with van der Waals surface area (Å²) >= 11 is 0. The van der Waals surface area contributed by atoms with E-state index in [1.807, 2.05) is 12.1 Å². The Labute approximate surface area is 376 Å². The Morgan fingerprint density at radius 2 is 1.83 bits per heavy atom. The summed E-state index contributed by atoms with van der Waals surface area (Å²) in [6.07, 6.45) is 9.71. The second kappa shape index (κ2) is 18.8. The van der Waals surface area contributed by atoms with Crippen molar-refractivity contribution in [1.29, 1.82) is 10.8 Å². The number of fused-ring (bicyclic) bond motifs is 3. The molecule has 2 aromatic rings. The first-order valence-corrected chi connectivity index (χ1v) is 23.2. The number of nitrogens with zero attached hydrogens (tertiary/aromatic N) is 6. The summed E-state index contributed by atoms with van der Waals surface area (Å²) in [5.74, 6) is 0.601. The number of likely N-dealkylation sites (tertiary alicyclic amines) is 1. The number of aliphatic imine (C=N–C) groups is 1. The predicted octanol–water partition coefficient (Wildman–Crippen LogP) is 3.06. The Morgan fingerprint density at radius 3 is 2.51 bits per heavy atom. The molecular weight excluding hydrogens is 839 g/mol. The van der Waals surface area contributed by atoms with Crippen molar-refractivity contribution < 1.29 is 27.9 Å². The van der Waals surface area contributed by atoms with Gasteiger partial charge >= 0.3 is 5.69 Å². The maximum atomic E-state index is 13.9. The number of hydrogen-bond acceptors (Lipinski definition) is 13. The molecule has 6 heterocycles. The van der Waals surface area contributed by atoms with Crippen LogP contribution in [0.2, 0.25) is 0 Å². The number of piperazine rings is 1. The fraction of sp³-hybridized carbons (Fsp3) is 0.587. The van der Waals surface area contributed by atoms with Crippen LogP contribution in [0.3, 0.4) is 0 Å². The summed E-state index contributed by atoms with van der Waals surface area (Å²) in [7, 11) is 1.77. The van der Waals surface area contributed by atoms with Gasteiger partial charge in [0.05, 0.1) is 41.1 Å². The third kappa shape index (κ3) is 9.06. The molecule has 0 spiro atoms. The van der Waals surface area contributed by atoms with E-state index in [0.29, 0.717) is 49.2 Å². The van der Waals surface area contributed by atoms with Crippen molar-refractivity contribution in [3.63, 3.8) is 0 Å². The van der Waals surface area contributed by atoms with E-state index >= 15 is 0 Å². The molecule has 9 rings (SSSR count). The number of carbonyl (C=O) groups excluding carboxylic acids is 3. The third-order valence-corrected chi connectivity index (χ3v) is 15.0. The van der Waals surface area contributed by atoms with Crippen LogP contribution in [0.5, 0.6) is 0 Å². The number of morpholine rings is 1. The average Bonchev–Trinajstić information content (AvgIpc) is 4.00. The zero-order chi connectivity index (χ0) is 45.5. The van der Waals surface area contributed by atoms with Crippen LogP contribution in [0.1, 0.15) is 82.2 Å². The molecule has 2 bridgehead atoms. The van der Waals surface area contributed by atoms with Gasteiger partial charge in [0.25, 0.3) is 12.3 Å². The van der Waals surface area contributed by atoms with Gasteiger partial charge in [0.1, 0.15) is 23.4 Å². The summed E-state index contributed by atoms with van der Waals surface area (Å²) in [5, 5.41) is 27.0. The van der Waals surface area contributed by atoms with Crippen molar-refractivity contribution in [1.82, 2.24) is 45.1 Å². The van der Waals surface area contributed by atoms with Gasteiger partial charge in [-0.15, -0.1) is 0 Å². The molecule has 17 nitrogen and oxygen atoms in total. The number of imide groups is 1. The Bertz CT molecular complexity index is 2400. The van der Waals surface area contributed by atoms with Crippen molar-refractivity contribution in [3.8, 4) is 0 Å². The number of amidine groups is 1. The molecule has 1 aromatic carbocycles. The van der Waals surface area contributed by atoms with Crippen molar-refractivity contribution in [3.05, 3.63) is 69.8 Å². The van der Waals surface area contributed by atoms with E-state index in [1.165, 1.54) is 6.20 Å². The summed E-state index contributed by atoms with van der Waals surface area (Å²) in [6.45, 7) is 8.62. The standard InChI is InChI=1S/C46H60F2N12O5/c1-26(28-18-29(19-28)33-4-3-5-36-41(33)56(2)46(64)60(36)37-10-11-39(61)55-45(37)63)58-16-14-57(15-17-58)23-27-6-8-30(9-7-27)52-22-35(40(50)42(47)48)53-44(62)34(21-49)43-51-13-12-38(54-43)59-24-32-20-31(59)25-65-32/h3-5,12-13,21-22,26-32,37,42,49-52H,6-11,14-20,23-25H2,1-2H3,(H,53,62)(H,55,61,63)/b35-22+,43-34-,49-21?,50-40?/t26-,27-,28-,29-,30-,31?,32+,37?/m0/s1. The zero-order valence-electron chi connectivity index (χ0n) is 37.0. The minimum absolute atomic E-state index is 0.00683. The Kier molecular flexibility index (Phi) is 12.9. The van der Waals surface area contributed by atoms with Crippen LogP contribution < -0.4 is 27.0 Å². The van der Waals surface area contributed by atoms with Gasteiger partial charge in [0, 0.05) is 83.4 Å². The number of hydrogen-bond donors (Lipinski definition) is 6. The molecule has 19 heteroatoms. The van der Waals surface area contributed by atoms with Crippen LogP contribution in [0.4, 0.5) is 8.78 Å². The fourth-order valence-corrected chi connectivity index (χ4v) is 11.2. The molecule has 3 amide bonds. The fourth-order valence-electron chi connectivity index (χ4n) is 11.2. The number of carbonyl (C=O) groups is 3. The number of alkyl halides is 2. The van der Waals surface area contributed by atoms with Gasteiger partial charge in [-0.25, -0.2) is 18.6 Å². The Balaban J connectivity index is 0.735. The van der Waals surface area contributed by atoms with Gasteiger partial charge in [-0.2, -0.15) is 0 Å². The number of halogens is 2. The molecule has 2 aliphatic carbocycles. The van der Waals surface area contributed by atoms with Crippen LogP contribution in [-0.4, -0.2) is 136 Å². The first kappa shape index (κ1) is 44.7. The molecule has 65 heavy (non-hydrogen) atoms. The van der Waals surface area contributed by atoms with Gasteiger partial charge in [-0.05, 0) is 93.7 Å². The van der Waals surface area contributed by atoms with Crippen molar-refractivity contribution in [2.24, 2.45) is 23.9 Å². The first-order chi connectivity index (χ1) is 31.4. The molecule has 4 saturated heterocycles. The third-order valence-electron chi connectivity index (χ3n) is 15.0. The van der Waals surface area contributed by atoms with Crippen LogP contribution in [0.25, 0.3) is 11.0 Å². The topological polar surface area (TPSA) is 205 Å². The minimum Gasteiger partial charge on any atom is -0.386 e. The number of amides is 3. The number of imidazole rings is 1. The highest BCUT2D eigenvalue weighted by molar-refractivity contribution is 6.15. The van der Waals surface area contributed by atoms with Crippen LogP contribution >= 0.6 is 0 Å². The van der Waals surface area contributed by atoms with E-state index in [0.717, 1.165) is 100 Å². The number of rotatable bonds is 13. The highest BCUT2D eigenvalue weighted by atomic mass is 19.3. The second-order valence-corrected chi connectivity index (χ2v) is 18.9. The Hall–Kier alpha value is -5.53. The Morgan fingerprint density at radius 1 is 1.06 bits per heavy atom. The summed E-state index contributed by atoms with van der Waals surface area (Å²) < 4.78 is 36.6. The molecule has 6 fully saturated rings. The zero-order valence-corrected chi connectivity index (χ0v) is 37.0. The SMILES string of the molecule is C[C@@H]([C@H]1C[C@H](c2cccc3c2n(C)c(=O)n3C2CCC(=O)NC2=O)C1)N1CCN(C[C@H]2CC[C@H](N/C=C(/NC(=O)/C(C=N)=C3\N=C(N4C[C@H]5CC4CO5)C=CN3)C(=N)C(F)F)CC2)CC1. The van der Waals surface area contributed by atoms with E-state index < -0.39 is 30.0 Å². The molecule has 7 aliphatic rings. The lowest BCUT2D eigenvalue weighted by molar-refractivity contribution is -0.135. The van der Waals surface area contributed by atoms with Gasteiger partial charge in [-0.3, -0.25) is 39.1 Å². The highest BCUT2D eigenvalue weighted by Crippen LogP contribution is 2.46. The smallest absolute Gasteiger partial charge is 0.329 e. The average molecular weight is 899 g/mol. The molecular formula is C46H60F2N12O5. The van der Waals surface area contributed by atoms with Gasteiger partial charge in [0.15, 0.2) is 0 Å². The molecule has 4 atom stereocenters. The van der Waals surface area contributed by atoms with Crippen molar-refractivity contribution in [2.45, 2.75) is 107 Å². The maximum Gasteiger partial charge on any atom is 0.329 e. The molecule has 6 N–H and O–H groups in total. The number of ether oxygens (including phenoxy) is 1. The normalized spacial score (nSPS) is 29.9. The number of benzene rings is 1. The number of allylic oxidation sites excluding steroid dienone is 1. The molecule has 1 aromatic heterocycles. The quantitative estimate of drug-likeness (QED) is 0.0986. The van der Waals surface area contributed by atoms with Gasteiger partial charge in [0.2, 0.25) is 11.8 Å². The number of piperidine rings is 1. The van der Waals surface area contributed by atoms with Gasteiger partial charge < -0.3 is 35.9 Å². The number of para-hydroxylation sites is 1. The number of aromatic nitrogens is 2. The van der Waals surface area contributed by atoms with Crippen LogP contribution in [0, 0.1) is 22.7 Å². The van der Waals surface area contributed by atoms with E-state index in [-0.39, 0.29) is 53.3 Å². The molecule has 5 aliphatic heterocycles. The summed E-state index contributed by atoms with van der Waals surface area (Å²) in [6, 6.07) is 5.91. The van der Waals surface area contributed by atoms with Crippen LogP contribution in [-0.2, 0) is 26.2 Å². The first-order valence-electron chi connectivity index (χ1n) is 23.2. The second-order valence-electron chi connectivity index (χ2n) is 18.9. The molecule has 0 radical (unpaired) electrons. The van der Waals surface area contributed by atoms with E-state index in [1.54, 1.807) is 28.5 Å². The largest absolute Gasteiger partial charge is 0.386 e. The van der Waals surface area contributed by atoms with Crippen LogP contribution in [0.15, 0.2) is 63.6 Å². The maximum absolute atomic E-state index is 13.9. The summed E-state index contributed by atoms with van der Waals surface area (Å²) in [5.41, 5.74) is 1.01. The molecule has 348 valence electrons. The van der Waals surface area contributed by atoms with Crippen molar-refractivity contribution in [2.75, 3.05) is 45.9 Å². The lowest BCUT2D eigenvalue weighted by Gasteiger charge is -2.47. The van der Waals surface area contributed by atoms with E-state index in [9.17, 15) is 28.0 Å². The highest BCUT2D eigenvalue weighted by Gasteiger charge is 2.42.